The molecule has 4 rings (SSSR count). The van der Waals surface area contributed by atoms with Crippen molar-refractivity contribution in [3.05, 3.63) is 98.2 Å². The van der Waals surface area contributed by atoms with E-state index in [4.69, 9.17) is 17.0 Å². The van der Waals surface area contributed by atoms with Crippen molar-refractivity contribution < 1.29 is 9.13 Å². The van der Waals surface area contributed by atoms with Crippen LogP contribution in [-0.4, -0.2) is 41.0 Å². The third-order valence-corrected chi connectivity index (χ3v) is 7.12. The van der Waals surface area contributed by atoms with Gasteiger partial charge in [0.25, 0.3) is 0 Å². The monoisotopic (exact) mass is 576 g/mol. The maximum Gasteiger partial charge on any atom is 0.148 e. The van der Waals surface area contributed by atoms with Crippen LogP contribution in [0.3, 0.4) is 0 Å². The molecule has 0 bridgehead atoms. The van der Waals surface area contributed by atoms with Crippen LogP contribution in [0.1, 0.15) is 16.7 Å². The number of thiocarbonyl (C=S) groups is 1. The summed E-state index contributed by atoms with van der Waals surface area (Å²) in [6, 6.07) is 20.9. The Morgan fingerprint density at radius 2 is 1.50 bits per heavy atom. The number of hydrogen-bond donors (Lipinski definition) is 0. The average Bonchev–Trinajstić information content (AvgIpc) is 2.80. The molecule has 0 N–H and O–H groups in total. The van der Waals surface area contributed by atoms with Gasteiger partial charge >= 0.3 is 0 Å². The van der Waals surface area contributed by atoms with Crippen molar-refractivity contribution in [3.8, 4) is 5.75 Å². The van der Waals surface area contributed by atoms with Gasteiger partial charge in [0.2, 0.25) is 0 Å². The molecule has 1 heterocycles. The molecule has 0 aromatic heterocycles. The molecule has 0 saturated carbocycles. The highest BCUT2D eigenvalue weighted by Gasteiger charge is 2.21. The third-order valence-electron chi connectivity index (χ3n) is 5.45. The lowest BCUT2D eigenvalue weighted by atomic mass is 10.1. The Balaban J connectivity index is 1.36. The molecule has 3 nitrogen and oxygen atoms in total. The fourth-order valence-corrected chi connectivity index (χ4v) is 5.41. The van der Waals surface area contributed by atoms with E-state index in [9.17, 15) is 4.39 Å². The summed E-state index contributed by atoms with van der Waals surface area (Å²) in [6.07, 6.45) is 0. The van der Waals surface area contributed by atoms with E-state index in [1.54, 1.807) is 12.1 Å². The van der Waals surface area contributed by atoms with E-state index in [1.165, 1.54) is 17.7 Å². The van der Waals surface area contributed by atoms with Crippen LogP contribution in [0.15, 0.2) is 75.7 Å². The number of rotatable bonds is 6. The Kier molecular flexibility index (Phi) is 7.94. The quantitative estimate of drug-likeness (QED) is 0.314. The number of piperazine rings is 1. The largest absolute Gasteiger partial charge is 0.487 e. The predicted molar refractivity (Wildman–Crippen MR) is 138 cm³/mol. The molecular weight excluding hydrogens is 555 g/mol. The van der Waals surface area contributed by atoms with E-state index in [1.807, 2.05) is 12.1 Å². The van der Waals surface area contributed by atoms with Crippen LogP contribution in [0.5, 0.6) is 5.75 Å². The van der Waals surface area contributed by atoms with Crippen LogP contribution in [0.25, 0.3) is 0 Å². The van der Waals surface area contributed by atoms with Crippen molar-refractivity contribution in [1.29, 1.82) is 0 Å². The number of nitrogens with zero attached hydrogens (tertiary/aromatic N) is 2. The molecule has 1 aliphatic heterocycles. The first-order valence-corrected chi connectivity index (χ1v) is 12.4. The van der Waals surface area contributed by atoms with Crippen molar-refractivity contribution in [1.82, 2.24) is 9.80 Å². The lowest BCUT2D eigenvalue weighted by Crippen LogP contribution is -2.48. The van der Waals surface area contributed by atoms with Crippen molar-refractivity contribution in [2.45, 2.75) is 13.2 Å². The van der Waals surface area contributed by atoms with Gasteiger partial charge in [0.05, 0.1) is 8.95 Å². The van der Waals surface area contributed by atoms with Crippen LogP contribution >= 0.6 is 44.1 Å². The van der Waals surface area contributed by atoms with E-state index in [0.29, 0.717) is 12.4 Å². The molecule has 0 radical (unpaired) electrons. The van der Waals surface area contributed by atoms with Crippen LogP contribution in [0.4, 0.5) is 4.39 Å². The second-order valence-corrected chi connectivity index (χ2v) is 9.83. The minimum absolute atomic E-state index is 0.255. The van der Waals surface area contributed by atoms with Gasteiger partial charge in [-0.05, 0) is 67.3 Å². The molecule has 32 heavy (non-hydrogen) atoms. The lowest BCUT2D eigenvalue weighted by Gasteiger charge is -2.36. The zero-order chi connectivity index (χ0) is 22.5. The molecule has 7 heteroatoms. The standard InChI is InChI=1S/C25H23Br2FN2OS/c26-22-14-20(15-23(27)24(22)31-17-19-6-8-21(28)9-7-19)25(32)30-12-10-29(11-13-30)16-18-4-2-1-3-5-18/h1-9,14-15H,10-13,16-17H2. The molecule has 3 aromatic carbocycles. The first kappa shape index (κ1) is 23.4. The summed E-state index contributed by atoms with van der Waals surface area (Å²) < 4.78 is 20.7. The maximum atomic E-state index is 13.1. The molecule has 3 aromatic rings. The van der Waals surface area contributed by atoms with Crippen LogP contribution in [0.2, 0.25) is 0 Å². The van der Waals surface area contributed by atoms with Gasteiger partial charge in [-0.25, -0.2) is 4.39 Å². The summed E-state index contributed by atoms with van der Waals surface area (Å²) in [5.74, 6) is 0.448. The van der Waals surface area contributed by atoms with E-state index < -0.39 is 0 Å². The summed E-state index contributed by atoms with van der Waals surface area (Å²) in [7, 11) is 0. The highest BCUT2D eigenvalue weighted by atomic mass is 79.9. The minimum atomic E-state index is -0.255. The van der Waals surface area contributed by atoms with Gasteiger partial charge in [-0.3, -0.25) is 4.90 Å². The predicted octanol–water partition coefficient (Wildman–Crippen LogP) is 6.42. The SMILES string of the molecule is Fc1ccc(COc2c(Br)cc(C(=S)N3CCN(Cc4ccccc4)CC3)cc2Br)cc1. The summed E-state index contributed by atoms with van der Waals surface area (Å²) in [4.78, 5) is 5.58. The molecule has 1 saturated heterocycles. The Morgan fingerprint density at radius 1 is 0.875 bits per heavy atom. The van der Waals surface area contributed by atoms with Crippen molar-refractivity contribution in [3.63, 3.8) is 0 Å². The van der Waals surface area contributed by atoms with Crippen molar-refractivity contribution in [2.75, 3.05) is 26.2 Å². The van der Waals surface area contributed by atoms with Gasteiger partial charge < -0.3 is 9.64 Å². The smallest absolute Gasteiger partial charge is 0.148 e. The molecule has 0 unspecified atom stereocenters. The zero-order valence-electron chi connectivity index (χ0n) is 17.4. The van der Waals surface area contributed by atoms with E-state index in [-0.39, 0.29) is 5.82 Å². The highest BCUT2D eigenvalue weighted by molar-refractivity contribution is 9.11. The van der Waals surface area contributed by atoms with E-state index in [2.05, 4.69) is 72.0 Å². The number of ether oxygens (including phenoxy) is 1. The number of hydrogen-bond acceptors (Lipinski definition) is 3. The average molecular weight is 578 g/mol. The summed E-state index contributed by atoms with van der Waals surface area (Å²) in [6.45, 7) is 5.10. The van der Waals surface area contributed by atoms with Gasteiger partial charge in [0, 0.05) is 38.3 Å². The highest BCUT2D eigenvalue weighted by Crippen LogP contribution is 2.36. The fourth-order valence-electron chi connectivity index (χ4n) is 3.69. The van der Waals surface area contributed by atoms with Crippen LogP contribution < -0.4 is 4.74 Å². The first-order valence-electron chi connectivity index (χ1n) is 10.4. The number of benzene rings is 3. The van der Waals surface area contributed by atoms with Crippen molar-refractivity contribution in [2.24, 2.45) is 0 Å². The van der Waals surface area contributed by atoms with Crippen LogP contribution in [-0.2, 0) is 13.2 Å². The normalized spacial score (nSPS) is 14.4. The van der Waals surface area contributed by atoms with Crippen molar-refractivity contribution >= 4 is 49.1 Å². The molecule has 0 spiro atoms. The lowest BCUT2D eigenvalue weighted by molar-refractivity contribution is 0.177. The van der Waals surface area contributed by atoms with Gasteiger partial charge in [-0.2, -0.15) is 0 Å². The summed E-state index contributed by atoms with van der Waals surface area (Å²) in [5.41, 5.74) is 3.22. The molecule has 0 aliphatic carbocycles. The van der Waals surface area contributed by atoms with Gasteiger partial charge in [-0.1, -0.05) is 54.7 Å². The Morgan fingerprint density at radius 3 is 2.12 bits per heavy atom. The summed E-state index contributed by atoms with van der Waals surface area (Å²) >= 11 is 13.1. The van der Waals surface area contributed by atoms with Gasteiger partial charge in [0.1, 0.15) is 23.2 Å². The molecule has 0 amide bonds. The zero-order valence-corrected chi connectivity index (χ0v) is 21.4. The molecule has 166 valence electrons. The van der Waals surface area contributed by atoms with Gasteiger partial charge in [-0.15, -0.1) is 0 Å². The fraction of sp³-hybridized carbons (Fsp3) is 0.240. The molecule has 1 fully saturated rings. The van der Waals surface area contributed by atoms with E-state index in [0.717, 1.165) is 57.8 Å². The van der Waals surface area contributed by atoms with Gasteiger partial charge in [0.15, 0.2) is 0 Å². The topological polar surface area (TPSA) is 15.7 Å². The molecule has 0 atom stereocenters. The second-order valence-electron chi connectivity index (χ2n) is 7.74. The Labute approximate surface area is 210 Å². The van der Waals surface area contributed by atoms with Crippen LogP contribution in [0, 0.1) is 5.82 Å². The van der Waals surface area contributed by atoms with E-state index >= 15 is 0 Å². The minimum Gasteiger partial charge on any atom is -0.487 e. The number of halogens is 3. The molecule has 1 aliphatic rings. The maximum absolute atomic E-state index is 13.1. The Hall–Kier alpha value is -1.80. The second kappa shape index (κ2) is 10.9. The first-order chi connectivity index (χ1) is 15.5. The Bertz CT molecular complexity index is 1050. The molecular formula is C25H23Br2FN2OS. The summed E-state index contributed by atoms with van der Waals surface area (Å²) in [5, 5.41) is 0. The third kappa shape index (κ3) is 5.95.